The van der Waals surface area contributed by atoms with E-state index in [1.807, 2.05) is 24.3 Å². The third-order valence-corrected chi connectivity index (χ3v) is 3.28. The molecule has 2 rings (SSSR count). The number of rotatable bonds is 4. The quantitative estimate of drug-likeness (QED) is 0.791. The van der Waals surface area contributed by atoms with Gasteiger partial charge in [-0.15, -0.1) is 0 Å². The number of hydrogen-bond donors (Lipinski definition) is 2. The molecule has 0 atom stereocenters. The van der Waals surface area contributed by atoms with Gasteiger partial charge in [0, 0.05) is 31.4 Å². The maximum absolute atomic E-state index is 11.9. The van der Waals surface area contributed by atoms with Gasteiger partial charge in [0.25, 0.3) is 0 Å². The Morgan fingerprint density at radius 1 is 1.28 bits per heavy atom. The monoisotopic (exact) mass is 248 g/mol. The fourth-order valence-electron chi connectivity index (χ4n) is 2.12. The third kappa shape index (κ3) is 3.74. The summed E-state index contributed by atoms with van der Waals surface area (Å²) in [5, 5.41) is 2.99. The third-order valence-electron chi connectivity index (χ3n) is 3.28. The molecule has 1 saturated heterocycles. The summed E-state index contributed by atoms with van der Waals surface area (Å²) in [6, 6.07) is 7.76. The van der Waals surface area contributed by atoms with Crippen molar-refractivity contribution in [2.24, 2.45) is 5.92 Å². The molecule has 0 unspecified atom stereocenters. The van der Waals surface area contributed by atoms with Crippen molar-refractivity contribution >= 4 is 11.6 Å². The van der Waals surface area contributed by atoms with Crippen LogP contribution < -0.4 is 11.1 Å². The number of carbonyl (C=O) groups is 1. The van der Waals surface area contributed by atoms with Crippen LogP contribution in [0.1, 0.15) is 18.4 Å². The highest BCUT2D eigenvalue weighted by Gasteiger charge is 2.20. The Hall–Kier alpha value is -1.55. The van der Waals surface area contributed by atoms with Crippen LogP contribution in [0.3, 0.4) is 0 Å². The number of nitrogen functional groups attached to an aromatic ring is 1. The molecule has 18 heavy (non-hydrogen) atoms. The van der Waals surface area contributed by atoms with Gasteiger partial charge in [-0.2, -0.15) is 0 Å². The summed E-state index contributed by atoms with van der Waals surface area (Å²) in [4.78, 5) is 11.9. The number of anilines is 1. The van der Waals surface area contributed by atoms with Crippen molar-refractivity contribution in [2.75, 3.05) is 25.5 Å². The fraction of sp³-hybridized carbons (Fsp3) is 0.500. The van der Waals surface area contributed by atoms with Crippen LogP contribution in [0.4, 0.5) is 5.69 Å². The second-order valence-electron chi connectivity index (χ2n) is 4.67. The summed E-state index contributed by atoms with van der Waals surface area (Å²) < 4.78 is 5.24. The first-order chi connectivity index (χ1) is 8.75. The average Bonchev–Trinajstić information content (AvgIpc) is 2.42. The Balaban J connectivity index is 1.71. The molecule has 4 heteroatoms. The van der Waals surface area contributed by atoms with Crippen LogP contribution in [0.15, 0.2) is 24.3 Å². The number of nitrogens with two attached hydrogens (primary N) is 1. The molecule has 4 nitrogen and oxygen atoms in total. The highest BCUT2D eigenvalue weighted by Crippen LogP contribution is 2.14. The lowest BCUT2D eigenvalue weighted by Gasteiger charge is -2.21. The van der Waals surface area contributed by atoms with Crippen molar-refractivity contribution in [3.05, 3.63) is 29.8 Å². The minimum absolute atomic E-state index is 0.130. The molecule has 98 valence electrons. The van der Waals surface area contributed by atoms with Crippen LogP contribution in [0.5, 0.6) is 0 Å². The zero-order valence-corrected chi connectivity index (χ0v) is 10.5. The van der Waals surface area contributed by atoms with Crippen LogP contribution in [-0.2, 0) is 16.0 Å². The van der Waals surface area contributed by atoms with E-state index >= 15 is 0 Å². The van der Waals surface area contributed by atoms with Crippen molar-refractivity contribution in [2.45, 2.75) is 19.3 Å². The lowest BCUT2D eigenvalue weighted by atomic mass is 9.99. The first-order valence-electron chi connectivity index (χ1n) is 6.45. The summed E-state index contributed by atoms with van der Waals surface area (Å²) >= 11 is 0. The Bertz CT molecular complexity index is 383. The Labute approximate surface area is 108 Å². The summed E-state index contributed by atoms with van der Waals surface area (Å²) in [6.45, 7) is 2.09. The minimum atomic E-state index is 0.130. The SMILES string of the molecule is Nc1ccc(CCNC(=O)C2CCOCC2)cc1. The van der Waals surface area contributed by atoms with Crippen LogP contribution in [-0.4, -0.2) is 25.7 Å². The van der Waals surface area contributed by atoms with E-state index in [9.17, 15) is 4.79 Å². The summed E-state index contributed by atoms with van der Waals surface area (Å²) in [6.07, 6.45) is 2.52. The van der Waals surface area contributed by atoms with Crippen LogP contribution in [0.2, 0.25) is 0 Å². The predicted molar refractivity (Wildman–Crippen MR) is 71.1 cm³/mol. The van der Waals surface area contributed by atoms with Gasteiger partial charge in [0.15, 0.2) is 0 Å². The number of benzene rings is 1. The van der Waals surface area contributed by atoms with Crippen molar-refractivity contribution in [1.29, 1.82) is 0 Å². The van der Waals surface area contributed by atoms with Gasteiger partial charge in [-0.05, 0) is 37.0 Å². The molecule has 1 aromatic carbocycles. The van der Waals surface area contributed by atoms with Crippen molar-refractivity contribution in [3.8, 4) is 0 Å². The molecule has 3 N–H and O–H groups in total. The zero-order chi connectivity index (χ0) is 12.8. The van der Waals surface area contributed by atoms with Crippen LogP contribution in [0, 0.1) is 5.92 Å². The molecule has 1 aliphatic heterocycles. The van der Waals surface area contributed by atoms with E-state index in [0.717, 1.165) is 24.9 Å². The van der Waals surface area contributed by atoms with Crippen LogP contribution in [0.25, 0.3) is 0 Å². The highest BCUT2D eigenvalue weighted by atomic mass is 16.5. The molecular formula is C14H20N2O2. The molecule has 1 aliphatic rings. The Morgan fingerprint density at radius 3 is 2.61 bits per heavy atom. The van der Waals surface area contributed by atoms with E-state index in [2.05, 4.69) is 5.32 Å². The topological polar surface area (TPSA) is 64.3 Å². The highest BCUT2D eigenvalue weighted by molar-refractivity contribution is 5.78. The molecular weight excluding hydrogens is 228 g/mol. The summed E-state index contributed by atoms with van der Waals surface area (Å²) in [7, 11) is 0. The van der Waals surface area contributed by atoms with Gasteiger partial charge in [0.05, 0.1) is 0 Å². The molecule has 1 aromatic rings. The second-order valence-corrected chi connectivity index (χ2v) is 4.67. The first kappa shape index (κ1) is 12.9. The van der Waals surface area contributed by atoms with Crippen molar-refractivity contribution in [3.63, 3.8) is 0 Å². The van der Waals surface area contributed by atoms with E-state index in [1.54, 1.807) is 0 Å². The number of hydrogen-bond acceptors (Lipinski definition) is 3. The molecule has 0 bridgehead atoms. The maximum atomic E-state index is 11.9. The molecule has 1 heterocycles. The van der Waals surface area contributed by atoms with Gasteiger partial charge in [0.2, 0.25) is 5.91 Å². The van der Waals surface area contributed by atoms with Gasteiger partial charge in [0.1, 0.15) is 0 Å². The van der Waals surface area contributed by atoms with Gasteiger partial charge in [-0.25, -0.2) is 0 Å². The molecule has 0 spiro atoms. The average molecular weight is 248 g/mol. The largest absolute Gasteiger partial charge is 0.399 e. The first-order valence-corrected chi connectivity index (χ1v) is 6.45. The van der Waals surface area contributed by atoms with E-state index in [-0.39, 0.29) is 11.8 Å². The van der Waals surface area contributed by atoms with E-state index in [0.29, 0.717) is 19.8 Å². The standard InChI is InChI=1S/C14H20N2O2/c15-13-3-1-11(2-4-13)5-8-16-14(17)12-6-9-18-10-7-12/h1-4,12H,5-10,15H2,(H,16,17). The number of amides is 1. The van der Waals surface area contributed by atoms with E-state index in [1.165, 1.54) is 5.56 Å². The van der Waals surface area contributed by atoms with Gasteiger partial charge < -0.3 is 15.8 Å². The molecule has 1 amide bonds. The molecule has 0 saturated carbocycles. The maximum Gasteiger partial charge on any atom is 0.223 e. The molecule has 0 aliphatic carbocycles. The zero-order valence-electron chi connectivity index (χ0n) is 10.5. The fourth-order valence-corrected chi connectivity index (χ4v) is 2.12. The number of ether oxygens (including phenoxy) is 1. The normalized spacial score (nSPS) is 16.4. The van der Waals surface area contributed by atoms with Crippen molar-refractivity contribution < 1.29 is 9.53 Å². The molecule has 0 radical (unpaired) electrons. The number of carbonyl (C=O) groups excluding carboxylic acids is 1. The lowest BCUT2D eigenvalue weighted by molar-refractivity contribution is -0.127. The smallest absolute Gasteiger partial charge is 0.223 e. The van der Waals surface area contributed by atoms with Crippen molar-refractivity contribution in [1.82, 2.24) is 5.32 Å². The van der Waals surface area contributed by atoms with Gasteiger partial charge in [-0.1, -0.05) is 12.1 Å². The van der Waals surface area contributed by atoms with Crippen LogP contribution >= 0.6 is 0 Å². The second kappa shape index (κ2) is 6.40. The minimum Gasteiger partial charge on any atom is -0.399 e. The Morgan fingerprint density at radius 2 is 1.94 bits per heavy atom. The number of nitrogens with one attached hydrogen (secondary N) is 1. The van der Waals surface area contributed by atoms with Gasteiger partial charge >= 0.3 is 0 Å². The van der Waals surface area contributed by atoms with Gasteiger partial charge in [-0.3, -0.25) is 4.79 Å². The Kier molecular flexibility index (Phi) is 4.59. The lowest BCUT2D eigenvalue weighted by Crippen LogP contribution is -2.35. The summed E-state index contributed by atoms with van der Waals surface area (Å²) in [5.74, 6) is 0.291. The van der Waals surface area contributed by atoms with E-state index in [4.69, 9.17) is 10.5 Å². The predicted octanol–water partition coefficient (Wildman–Crippen LogP) is 1.35. The molecule has 0 aromatic heterocycles. The van der Waals surface area contributed by atoms with E-state index < -0.39 is 0 Å². The molecule has 1 fully saturated rings. The summed E-state index contributed by atoms with van der Waals surface area (Å²) in [5.41, 5.74) is 7.58.